The Kier molecular flexibility index (Phi) is 6.98. The molecule has 1 amide bonds. The van der Waals surface area contributed by atoms with Gasteiger partial charge >= 0.3 is 0 Å². The van der Waals surface area contributed by atoms with E-state index in [2.05, 4.69) is 22.2 Å². The molecule has 2 heterocycles. The molecule has 4 rings (SSSR count). The van der Waals surface area contributed by atoms with Gasteiger partial charge in [-0.3, -0.25) is 9.59 Å². The number of rotatable bonds is 6. The summed E-state index contributed by atoms with van der Waals surface area (Å²) in [7, 11) is 1.59. The second-order valence-electron chi connectivity index (χ2n) is 8.54. The highest BCUT2D eigenvalue weighted by molar-refractivity contribution is 5.94. The number of likely N-dealkylation sites (N-methyl/N-ethyl adjacent to an activating group) is 1. The number of hydrogen-bond donors (Lipinski definition) is 1. The van der Waals surface area contributed by atoms with Crippen molar-refractivity contribution >= 4 is 17.3 Å². The van der Waals surface area contributed by atoms with Crippen molar-refractivity contribution in [2.45, 2.75) is 20.8 Å². The van der Waals surface area contributed by atoms with Crippen LogP contribution >= 0.6 is 0 Å². The van der Waals surface area contributed by atoms with Crippen LogP contribution in [0.3, 0.4) is 0 Å². The average molecular weight is 462 g/mol. The summed E-state index contributed by atoms with van der Waals surface area (Å²) in [5.41, 5.74) is 3.38. The Morgan fingerprint density at radius 3 is 2.41 bits per heavy atom. The molecule has 0 spiro atoms. The van der Waals surface area contributed by atoms with Crippen molar-refractivity contribution in [2.24, 2.45) is 7.05 Å². The number of aromatic nitrogens is 2. The van der Waals surface area contributed by atoms with Gasteiger partial charge in [-0.2, -0.15) is 5.10 Å². The fourth-order valence-corrected chi connectivity index (χ4v) is 3.96. The van der Waals surface area contributed by atoms with Gasteiger partial charge in [-0.15, -0.1) is 0 Å². The van der Waals surface area contributed by atoms with Crippen LogP contribution in [0.4, 0.5) is 11.4 Å². The molecule has 0 bridgehead atoms. The van der Waals surface area contributed by atoms with Gasteiger partial charge in [0.25, 0.3) is 11.5 Å². The topological polar surface area (TPSA) is 79.7 Å². The number of ether oxygens (including phenoxy) is 1. The molecule has 1 aliphatic heterocycles. The smallest absolute Gasteiger partial charge is 0.294 e. The summed E-state index contributed by atoms with van der Waals surface area (Å²) in [6, 6.07) is 13.0. The van der Waals surface area contributed by atoms with E-state index in [4.69, 9.17) is 4.74 Å². The molecule has 1 aromatic heterocycles. The number of amides is 1. The Balaban J connectivity index is 1.53. The molecule has 0 aliphatic carbocycles. The number of carbonyl (C=O) groups is 1. The summed E-state index contributed by atoms with van der Waals surface area (Å²) < 4.78 is 7.34. The zero-order valence-corrected chi connectivity index (χ0v) is 20.2. The molecule has 0 unspecified atom stereocenters. The van der Waals surface area contributed by atoms with Crippen LogP contribution in [0.15, 0.2) is 53.5 Å². The van der Waals surface area contributed by atoms with E-state index in [-0.39, 0.29) is 17.2 Å². The monoisotopic (exact) mass is 461 g/mol. The van der Waals surface area contributed by atoms with Gasteiger partial charge in [0.2, 0.25) is 0 Å². The highest BCUT2D eigenvalue weighted by Crippen LogP contribution is 2.31. The fourth-order valence-electron chi connectivity index (χ4n) is 3.96. The molecule has 2 aromatic carbocycles. The Morgan fingerprint density at radius 1 is 1.03 bits per heavy atom. The lowest BCUT2D eigenvalue weighted by Crippen LogP contribution is -2.48. The van der Waals surface area contributed by atoms with Crippen LogP contribution in [-0.2, 0) is 7.05 Å². The van der Waals surface area contributed by atoms with Crippen LogP contribution in [0.2, 0.25) is 0 Å². The molecule has 8 nitrogen and oxygen atoms in total. The number of nitrogens with zero attached hydrogens (tertiary/aromatic N) is 4. The first-order valence-electron chi connectivity index (χ1n) is 11.6. The predicted octanol–water partition coefficient (Wildman–Crippen LogP) is 3.71. The second-order valence-corrected chi connectivity index (χ2v) is 8.54. The van der Waals surface area contributed by atoms with Crippen LogP contribution < -0.4 is 15.6 Å². The van der Waals surface area contributed by atoms with Crippen LogP contribution in [-0.4, -0.2) is 58.2 Å². The van der Waals surface area contributed by atoms with Crippen LogP contribution in [0.25, 0.3) is 0 Å². The van der Waals surface area contributed by atoms with Gasteiger partial charge in [-0.05, 0) is 61.9 Å². The zero-order chi connectivity index (χ0) is 24.2. The van der Waals surface area contributed by atoms with Crippen molar-refractivity contribution < 1.29 is 9.53 Å². The number of nitrogens with one attached hydrogen (secondary N) is 1. The summed E-state index contributed by atoms with van der Waals surface area (Å²) >= 11 is 0. The summed E-state index contributed by atoms with van der Waals surface area (Å²) in [6.45, 7) is 10.4. The normalized spacial score (nSPS) is 14.2. The molecular formula is C26H31N5O3. The van der Waals surface area contributed by atoms with E-state index in [1.54, 1.807) is 31.3 Å². The Labute approximate surface area is 199 Å². The Morgan fingerprint density at radius 2 is 1.74 bits per heavy atom. The van der Waals surface area contributed by atoms with E-state index in [9.17, 15) is 9.59 Å². The van der Waals surface area contributed by atoms with E-state index in [0.717, 1.165) is 43.9 Å². The minimum absolute atomic E-state index is 0.0288. The maximum absolute atomic E-state index is 12.9. The number of anilines is 2. The minimum Gasteiger partial charge on any atom is -0.453 e. The van der Waals surface area contributed by atoms with Crippen molar-refractivity contribution in [3.8, 4) is 11.5 Å². The van der Waals surface area contributed by atoms with Crippen LogP contribution in [0, 0.1) is 13.8 Å². The van der Waals surface area contributed by atoms with Gasteiger partial charge in [-0.1, -0.05) is 19.1 Å². The molecule has 1 N–H and O–H groups in total. The minimum atomic E-state index is -0.309. The number of piperazine rings is 1. The molecule has 8 heteroatoms. The molecule has 0 radical (unpaired) electrons. The summed E-state index contributed by atoms with van der Waals surface area (Å²) in [5.74, 6) is 1.04. The number of aryl methyl sites for hydroxylation is 2. The third-order valence-electron chi connectivity index (χ3n) is 6.39. The van der Waals surface area contributed by atoms with E-state index >= 15 is 0 Å². The molecule has 1 fully saturated rings. The molecular weight excluding hydrogens is 430 g/mol. The van der Waals surface area contributed by atoms with Gasteiger partial charge < -0.3 is 19.9 Å². The first kappa shape index (κ1) is 23.5. The maximum atomic E-state index is 12.9. The van der Waals surface area contributed by atoms with Gasteiger partial charge in [0, 0.05) is 44.5 Å². The molecule has 178 valence electrons. The van der Waals surface area contributed by atoms with Gasteiger partial charge in [0.1, 0.15) is 5.75 Å². The lowest BCUT2D eigenvalue weighted by atomic mass is 10.1. The summed E-state index contributed by atoms with van der Waals surface area (Å²) in [5, 5.41) is 7.28. The fraction of sp³-hybridized carbons (Fsp3) is 0.346. The molecule has 3 aromatic rings. The predicted molar refractivity (Wildman–Crippen MR) is 133 cm³/mol. The third-order valence-corrected chi connectivity index (χ3v) is 6.39. The maximum Gasteiger partial charge on any atom is 0.294 e. The lowest BCUT2D eigenvalue weighted by molar-refractivity contribution is 0.0643. The summed E-state index contributed by atoms with van der Waals surface area (Å²) in [6.07, 6.45) is 1.53. The zero-order valence-electron chi connectivity index (χ0n) is 20.2. The van der Waals surface area contributed by atoms with Crippen LogP contribution in [0.1, 0.15) is 28.4 Å². The lowest BCUT2D eigenvalue weighted by Gasteiger charge is -2.34. The van der Waals surface area contributed by atoms with Crippen molar-refractivity contribution in [1.29, 1.82) is 0 Å². The van der Waals surface area contributed by atoms with Gasteiger partial charge in [0.05, 0.1) is 6.20 Å². The van der Waals surface area contributed by atoms with Gasteiger partial charge in [0.15, 0.2) is 11.4 Å². The Bertz CT molecular complexity index is 1230. The first-order chi connectivity index (χ1) is 16.4. The molecule has 0 atom stereocenters. The van der Waals surface area contributed by atoms with Crippen molar-refractivity contribution in [1.82, 2.24) is 19.6 Å². The average Bonchev–Trinajstić information content (AvgIpc) is 2.86. The van der Waals surface area contributed by atoms with E-state index in [0.29, 0.717) is 22.7 Å². The highest BCUT2D eigenvalue weighted by Gasteiger charge is 2.21. The number of benzene rings is 2. The molecule has 34 heavy (non-hydrogen) atoms. The van der Waals surface area contributed by atoms with Crippen molar-refractivity contribution in [3.63, 3.8) is 0 Å². The second kappa shape index (κ2) is 10.1. The molecule has 1 saturated heterocycles. The number of carbonyl (C=O) groups excluding carboxylic acids is 1. The summed E-state index contributed by atoms with van der Waals surface area (Å²) in [4.78, 5) is 30.0. The number of hydrogen-bond acceptors (Lipinski definition) is 6. The van der Waals surface area contributed by atoms with Crippen molar-refractivity contribution in [2.75, 3.05) is 38.0 Å². The standard InChI is InChI=1S/C26H31N5O3/c1-5-30-13-15-31(16-14-30)25(32)20-9-11-21(12-10-20)28-24-23(17-27-29(4)26(24)33)34-22-8-6-7-18(2)19(22)3/h6-12,17,28H,5,13-16H2,1-4H3. The van der Waals surface area contributed by atoms with Gasteiger partial charge in [-0.25, -0.2) is 4.68 Å². The third kappa shape index (κ3) is 4.97. The molecule has 0 saturated carbocycles. The van der Waals surface area contributed by atoms with E-state index in [1.807, 2.05) is 36.9 Å². The highest BCUT2D eigenvalue weighted by atomic mass is 16.5. The van der Waals surface area contributed by atoms with E-state index < -0.39 is 0 Å². The van der Waals surface area contributed by atoms with Crippen molar-refractivity contribution in [3.05, 3.63) is 75.7 Å². The SMILES string of the molecule is CCN1CCN(C(=O)c2ccc(Nc3c(Oc4cccc(C)c4C)cnn(C)c3=O)cc2)CC1. The largest absolute Gasteiger partial charge is 0.453 e. The van der Waals surface area contributed by atoms with E-state index in [1.165, 1.54) is 10.9 Å². The quantitative estimate of drug-likeness (QED) is 0.603. The first-order valence-corrected chi connectivity index (χ1v) is 11.6. The Hall–Kier alpha value is -3.65. The molecule has 1 aliphatic rings. The van der Waals surface area contributed by atoms with Crippen LogP contribution in [0.5, 0.6) is 11.5 Å².